The Morgan fingerprint density at radius 1 is 0.769 bits per heavy atom. The minimum atomic E-state index is 0.0322. The number of imidazole rings is 1. The summed E-state index contributed by atoms with van der Waals surface area (Å²) in [5.74, 6) is 0.758. The average molecular weight is 527 g/mol. The fourth-order valence-corrected chi connectivity index (χ4v) is 5.52. The van der Waals surface area contributed by atoms with Crippen LogP contribution in [0.3, 0.4) is 0 Å². The van der Waals surface area contributed by atoms with Crippen LogP contribution >= 0.6 is 11.8 Å². The van der Waals surface area contributed by atoms with E-state index in [1.165, 1.54) is 11.8 Å². The van der Waals surface area contributed by atoms with Crippen molar-refractivity contribution in [1.82, 2.24) is 29.5 Å². The molecule has 0 unspecified atom stereocenters. The van der Waals surface area contributed by atoms with Crippen LogP contribution in [0, 0.1) is 0 Å². The van der Waals surface area contributed by atoms with Gasteiger partial charge in [0.05, 0.1) is 34.0 Å². The number of benzene rings is 1. The van der Waals surface area contributed by atoms with Crippen molar-refractivity contribution in [3.63, 3.8) is 0 Å². The molecule has 0 aliphatic carbocycles. The molecule has 0 fully saturated rings. The van der Waals surface area contributed by atoms with Crippen molar-refractivity contribution in [1.29, 1.82) is 0 Å². The zero-order chi connectivity index (χ0) is 26.3. The summed E-state index contributed by atoms with van der Waals surface area (Å²) in [6.07, 6.45) is 11.7. The van der Waals surface area contributed by atoms with Crippen molar-refractivity contribution in [3.05, 3.63) is 102 Å². The van der Waals surface area contributed by atoms with E-state index in [1.54, 1.807) is 13.1 Å². The maximum absolute atomic E-state index is 11.9. The molecular formula is C31H22N6OS. The molecule has 0 atom stereocenters. The van der Waals surface area contributed by atoms with Crippen LogP contribution in [0.5, 0.6) is 0 Å². The number of carbonyl (C=O) groups is 1. The van der Waals surface area contributed by atoms with Gasteiger partial charge in [-0.05, 0) is 78.9 Å². The highest BCUT2D eigenvalue weighted by molar-refractivity contribution is 8.13. The number of H-pyrrole nitrogens is 2. The summed E-state index contributed by atoms with van der Waals surface area (Å²) in [5, 5.41) is 0.0322. The molecule has 0 saturated carbocycles. The van der Waals surface area contributed by atoms with Crippen LogP contribution in [0.15, 0.2) is 84.0 Å². The van der Waals surface area contributed by atoms with Crippen molar-refractivity contribution in [3.8, 4) is 17.1 Å². The van der Waals surface area contributed by atoms with Crippen molar-refractivity contribution >= 4 is 63.2 Å². The number of rotatable bonds is 3. The van der Waals surface area contributed by atoms with Crippen molar-refractivity contribution in [2.75, 3.05) is 0 Å². The highest BCUT2D eigenvalue weighted by atomic mass is 32.2. The average Bonchev–Trinajstić information content (AvgIpc) is 3.73. The fraction of sp³-hybridized carbons (Fsp3) is 0.0323. The van der Waals surface area contributed by atoms with Crippen molar-refractivity contribution in [2.24, 2.45) is 0 Å². The first-order valence-electron chi connectivity index (χ1n) is 12.5. The highest BCUT2D eigenvalue weighted by Crippen LogP contribution is 2.32. The van der Waals surface area contributed by atoms with Gasteiger partial charge in [-0.1, -0.05) is 23.9 Å². The van der Waals surface area contributed by atoms with Crippen LogP contribution in [-0.2, 0) is 4.79 Å². The molecule has 1 aromatic carbocycles. The van der Waals surface area contributed by atoms with Crippen LogP contribution in [0.1, 0.15) is 29.7 Å². The standard InChI is InChI=1S/C31H22N6OS/c1-19(38)39-30-5-3-2-4-29(30)37-13-12-32-31(37)27-17-26-16-24-9-8-22(34-24)14-20-6-7-21(33-20)15-23-10-11-25(35-23)18-28(27)36-26/h2-18,33,36H,1H3. The van der Waals surface area contributed by atoms with Gasteiger partial charge in [-0.3, -0.25) is 9.36 Å². The van der Waals surface area contributed by atoms with Crippen LogP contribution < -0.4 is 0 Å². The third-order valence-electron chi connectivity index (χ3n) is 6.43. The molecule has 7 rings (SSSR count). The maximum Gasteiger partial charge on any atom is 0.190 e. The lowest BCUT2D eigenvalue weighted by Crippen LogP contribution is -1.98. The Labute approximate surface area is 228 Å². The molecule has 0 amide bonds. The lowest BCUT2D eigenvalue weighted by atomic mass is 10.2. The van der Waals surface area contributed by atoms with Gasteiger partial charge in [0.1, 0.15) is 5.82 Å². The number of hydrogen-bond donors (Lipinski definition) is 2. The van der Waals surface area contributed by atoms with Gasteiger partial charge < -0.3 is 9.97 Å². The second-order valence-corrected chi connectivity index (χ2v) is 10.5. The summed E-state index contributed by atoms with van der Waals surface area (Å²) < 4.78 is 2.02. The third kappa shape index (κ3) is 4.62. The second kappa shape index (κ2) is 9.41. The first kappa shape index (κ1) is 23.2. The van der Waals surface area contributed by atoms with Gasteiger partial charge in [-0.15, -0.1) is 0 Å². The van der Waals surface area contributed by atoms with Gasteiger partial charge in [0.15, 0.2) is 5.12 Å². The summed E-state index contributed by atoms with van der Waals surface area (Å²) in [7, 11) is 0. The molecule has 0 radical (unpaired) electrons. The topological polar surface area (TPSA) is 92.2 Å². The number of carbonyl (C=O) groups excluding carboxylic acids is 1. The molecule has 2 aliphatic heterocycles. The van der Waals surface area contributed by atoms with E-state index < -0.39 is 0 Å². The summed E-state index contributed by atoms with van der Waals surface area (Å²) >= 11 is 1.22. The molecule has 0 spiro atoms. The second-order valence-electron chi connectivity index (χ2n) is 9.27. The first-order chi connectivity index (χ1) is 19.1. The van der Waals surface area contributed by atoms with Crippen LogP contribution in [-0.4, -0.2) is 34.6 Å². The summed E-state index contributed by atoms with van der Waals surface area (Å²) in [6.45, 7) is 1.58. The molecule has 0 saturated heterocycles. The molecular weight excluding hydrogens is 504 g/mol. The molecule has 6 heterocycles. The smallest absolute Gasteiger partial charge is 0.190 e. The summed E-state index contributed by atoms with van der Waals surface area (Å²) in [6, 6.07) is 22.1. The van der Waals surface area contributed by atoms with Gasteiger partial charge >= 0.3 is 0 Å². The normalized spacial score (nSPS) is 12.2. The Balaban J connectivity index is 1.48. The monoisotopic (exact) mass is 526 g/mol. The maximum atomic E-state index is 11.9. The number of thioether (sulfide) groups is 1. The molecule has 4 aromatic heterocycles. The number of nitrogens with one attached hydrogen (secondary N) is 2. The van der Waals surface area contributed by atoms with E-state index >= 15 is 0 Å². The fourth-order valence-electron chi connectivity index (χ4n) is 4.80. The molecule has 39 heavy (non-hydrogen) atoms. The Bertz CT molecular complexity index is 1990. The van der Waals surface area contributed by atoms with E-state index in [0.717, 1.165) is 66.8 Å². The van der Waals surface area contributed by atoms with E-state index in [4.69, 9.17) is 15.0 Å². The van der Waals surface area contributed by atoms with Gasteiger partial charge in [-0.2, -0.15) is 0 Å². The zero-order valence-corrected chi connectivity index (χ0v) is 21.7. The third-order valence-corrected chi connectivity index (χ3v) is 7.28. The number of nitrogens with zero attached hydrogens (tertiary/aromatic N) is 4. The summed E-state index contributed by atoms with van der Waals surface area (Å²) in [4.78, 5) is 34.1. The lowest BCUT2D eigenvalue weighted by Gasteiger charge is -2.11. The summed E-state index contributed by atoms with van der Waals surface area (Å²) in [5.41, 5.74) is 8.98. The largest absolute Gasteiger partial charge is 0.355 e. The minimum absolute atomic E-state index is 0.0322. The quantitative estimate of drug-likeness (QED) is 0.239. The van der Waals surface area contributed by atoms with E-state index in [0.29, 0.717) is 0 Å². The number of hydrogen-bond acceptors (Lipinski definition) is 5. The van der Waals surface area contributed by atoms with Crippen LogP contribution in [0.25, 0.3) is 63.4 Å². The number of aromatic nitrogens is 6. The molecule has 8 bridgehead atoms. The Morgan fingerprint density at radius 3 is 2.10 bits per heavy atom. The Hall–Kier alpha value is -4.95. The zero-order valence-electron chi connectivity index (χ0n) is 20.9. The number of para-hydroxylation sites is 1. The molecule has 188 valence electrons. The predicted octanol–water partition coefficient (Wildman–Crippen LogP) is 7.15. The van der Waals surface area contributed by atoms with Crippen molar-refractivity contribution < 1.29 is 4.79 Å². The molecule has 8 heteroatoms. The van der Waals surface area contributed by atoms with Gasteiger partial charge in [0.2, 0.25) is 0 Å². The highest BCUT2D eigenvalue weighted by Gasteiger charge is 2.16. The lowest BCUT2D eigenvalue weighted by molar-refractivity contribution is -0.109. The first-order valence-corrected chi connectivity index (χ1v) is 13.3. The predicted molar refractivity (Wildman–Crippen MR) is 158 cm³/mol. The Morgan fingerprint density at radius 2 is 1.41 bits per heavy atom. The minimum Gasteiger partial charge on any atom is -0.355 e. The van der Waals surface area contributed by atoms with E-state index in [2.05, 4.69) is 16.0 Å². The van der Waals surface area contributed by atoms with Crippen LogP contribution in [0.2, 0.25) is 0 Å². The number of fused-ring (bicyclic) bond motifs is 8. The SMILES string of the molecule is CC(=O)Sc1ccccc1-n1ccnc1-c1cc2cc3nc(cc4ccc(cc5nc(cc1[nH]2)C=C5)[nH]4)C=C3. The van der Waals surface area contributed by atoms with E-state index in [-0.39, 0.29) is 5.12 Å². The van der Waals surface area contributed by atoms with E-state index in [9.17, 15) is 4.79 Å². The van der Waals surface area contributed by atoms with Gasteiger partial charge in [-0.25, -0.2) is 15.0 Å². The van der Waals surface area contributed by atoms with Crippen LogP contribution in [0.4, 0.5) is 0 Å². The molecule has 2 aliphatic rings. The number of aromatic amines is 2. The van der Waals surface area contributed by atoms with Gasteiger partial charge in [0.25, 0.3) is 0 Å². The van der Waals surface area contributed by atoms with Crippen molar-refractivity contribution in [2.45, 2.75) is 11.8 Å². The molecule has 5 aromatic rings. The Kier molecular flexibility index (Phi) is 5.60. The van der Waals surface area contributed by atoms with Gasteiger partial charge in [0, 0.05) is 46.3 Å². The molecule has 7 nitrogen and oxygen atoms in total. The van der Waals surface area contributed by atoms with E-state index in [1.807, 2.05) is 95.7 Å². The molecule has 2 N–H and O–H groups in total.